The molecule has 0 spiro atoms. The summed E-state index contributed by atoms with van der Waals surface area (Å²) in [6, 6.07) is 4.65. The number of halogens is 1. The number of rotatable bonds is 6. The van der Waals surface area contributed by atoms with Crippen LogP contribution in [0.2, 0.25) is 5.02 Å². The van der Waals surface area contributed by atoms with E-state index in [1.807, 2.05) is 20.8 Å². The van der Waals surface area contributed by atoms with E-state index >= 15 is 0 Å². The van der Waals surface area contributed by atoms with Crippen molar-refractivity contribution in [3.63, 3.8) is 0 Å². The van der Waals surface area contributed by atoms with Crippen LogP contribution in [0.15, 0.2) is 23.1 Å². The molecule has 19 heavy (non-hydrogen) atoms. The lowest BCUT2D eigenvalue weighted by Crippen LogP contribution is -2.34. The maximum Gasteiger partial charge on any atom is 0.240 e. The van der Waals surface area contributed by atoms with Gasteiger partial charge in [-0.2, -0.15) is 0 Å². The minimum atomic E-state index is -3.57. The van der Waals surface area contributed by atoms with Crippen molar-refractivity contribution < 1.29 is 13.5 Å². The average Bonchev–Trinajstić information content (AvgIpc) is 2.30. The highest BCUT2D eigenvalue weighted by atomic mass is 35.5. The van der Waals surface area contributed by atoms with Gasteiger partial charge in [-0.3, -0.25) is 0 Å². The van der Waals surface area contributed by atoms with E-state index in [1.165, 1.54) is 12.1 Å². The molecule has 0 aliphatic carbocycles. The van der Waals surface area contributed by atoms with Gasteiger partial charge in [-0.1, -0.05) is 31.5 Å². The molecular formula is C13H20ClNO3S. The molecule has 108 valence electrons. The SMILES string of the molecule is Cc1ccc(S(=O)(=O)NCC(C)(C)CCO)cc1Cl. The fourth-order valence-electron chi connectivity index (χ4n) is 1.51. The zero-order valence-corrected chi connectivity index (χ0v) is 13.0. The van der Waals surface area contributed by atoms with E-state index in [-0.39, 0.29) is 23.5 Å². The van der Waals surface area contributed by atoms with E-state index in [2.05, 4.69) is 4.72 Å². The normalized spacial score (nSPS) is 12.7. The molecule has 1 aromatic carbocycles. The number of aliphatic hydroxyl groups is 1. The fraction of sp³-hybridized carbons (Fsp3) is 0.538. The topological polar surface area (TPSA) is 66.4 Å². The van der Waals surface area contributed by atoms with Gasteiger partial charge in [0.05, 0.1) is 4.90 Å². The second kappa shape index (κ2) is 6.22. The van der Waals surface area contributed by atoms with Crippen molar-refractivity contribution in [2.45, 2.75) is 32.1 Å². The van der Waals surface area contributed by atoms with Crippen LogP contribution < -0.4 is 4.72 Å². The number of hydrogen-bond donors (Lipinski definition) is 2. The third-order valence-electron chi connectivity index (χ3n) is 2.98. The van der Waals surface area contributed by atoms with Gasteiger partial charge < -0.3 is 5.11 Å². The summed E-state index contributed by atoms with van der Waals surface area (Å²) >= 11 is 5.93. The van der Waals surface area contributed by atoms with E-state index < -0.39 is 10.0 Å². The molecule has 0 heterocycles. The lowest BCUT2D eigenvalue weighted by Gasteiger charge is -2.23. The first-order valence-electron chi connectivity index (χ1n) is 6.05. The molecule has 0 amide bonds. The number of benzene rings is 1. The largest absolute Gasteiger partial charge is 0.396 e. The number of aryl methyl sites for hydroxylation is 1. The van der Waals surface area contributed by atoms with Gasteiger partial charge in [-0.15, -0.1) is 0 Å². The average molecular weight is 306 g/mol. The first-order chi connectivity index (χ1) is 8.68. The monoisotopic (exact) mass is 305 g/mol. The number of sulfonamides is 1. The molecular weight excluding hydrogens is 286 g/mol. The van der Waals surface area contributed by atoms with Crippen molar-refractivity contribution in [2.75, 3.05) is 13.2 Å². The van der Waals surface area contributed by atoms with Gasteiger partial charge in [0, 0.05) is 18.2 Å². The maximum absolute atomic E-state index is 12.1. The predicted molar refractivity (Wildman–Crippen MR) is 76.9 cm³/mol. The highest BCUT2D eigenvalue weighted by Gasteiger charge is 2.22. The van der Waals surface area contributed by atoms with Gasteiger partial charge in [0.2, 0.25) is 10.0 Å². The Morgan fingerprint density at radius 2 is 2.00 bits per heavy atom. The Morgan fingerprint density at radius 1 is 1.37 bits per heavy atom. The minimum Gasteiger partial charge on any atom is -0.396 e. The van der Waals surface area contributed by atoms with Crippen molar-refractivity contribution >= 4 is 21.6 Å². The predicted octanol–water partition coefficient (Wildman–Crippen LogP) is 2.34. The summed E-state index contributed by atoms with van der Waals surface area (Å²) in [5.74, 6) is 0. The van der Waals surface area contributed by atoms with Crippen molar-refractivity contribution in [3.8, 4) is 0 Å². The van der Waals surface area contributed by atoms with Crippen LogP contribution in [0.1, 0.15) is 25.8 Å². The van der Waals surface area contributed by atoms with Crippen LogP contribution >= 0.6 is 11.6 Å². The van der Waals surface area contributed by atoms with Crippen molar-refractivity contribution in [1.29, 1.82) is 0 Å². The summed E-state index contributed by atoms with van der Waals surface area (Å²) in [6.07, 6.45) is 0.532. The molecule has 0 saturated carbocycles. The van der Waals surface area contributed by atoms with Crippen LogP contribution in [0, 0.1) is 12.3 Å². The summed E-state index contributed by atoms with van der Waals surface area (Å²) in [4.78, 5) is 0.155. The molecule has 0 bridgehead atoms. The molecule has 0 aliphatic rings. The Hall–Kier alpha value is -0.620. The van der Waals surface area contributed by atoms with Gasteiger partial charge in [0.15, 0.2) is 0 Å². The van der Waals surface area contributed by atoms with E-state index in [0.29, 0.717) is 11.4 Å². The van der Waals surface area contributed by atoms with Gasteiger partial charge in [0.25, 0.3) is 0 Å². The molecule has 0 fully saturated rings. The van der Waals surface area contributed by atoms with E-state index in [0.717, 1.165) is 5.56 Å². The molecule has 1 rings (SSSR count). The van der Waals surface area contributed by atoms with Gasteiger partial charge >= 0.3 is 0 Å². The first kappa shape index (κ1) is 16.4. The third-order valence-corrected chi connectivity index (χ3v) is 4.79. The first-order valence-corrected chi connectivity index (χ1v) is 7.91. The summed E-state index contributed by atoms with van der Waals surface area (Å²) in [5.41, 5.74) is 0.539. The molecule has 4 nitrogen and oxygen atoms in total. The second-order valence-corrected chi connectivity index (χ2v) is 7.55. The standard InChI is InChI=1S/C13H20ClNO3S/c1-10-4-5-11(8-12(10)14)19(17,18)15-9-13(2,3)6-7-16/h4-5,8,15-16H,6-7,9H2,1-3H3. The fourth-order valence-corrected chi connectivity index (χ4v) is 3.02. The van der Waals surface area contributed by atoms with Crippen molar-refractivity contribution in [2.24, 2.45) is 5.41 Å². The van der Waals surface area contributed by atoms with Crippen LogP contribution in [0.3, 0.4) is 0 Å². The van der Waals surface area contributed by atoms with E-state index in [9.17, 15) is 8.42 Å². The zero-order chi connectivity index (χ0) is 14.7. The Morgan fingerprint density at radius 3 is 2.53 bits per heavy atom. The Balaban J connectivity index is 2.84. The molecule has 0 atom stereocenters. The smallest absolute Gasteiger partial charge is 0.240 e. The molecule has 0 aromatic heterocycles. The summed E-state index contributed by atoms with van der Waals surface area (Å²) in [5, 5.41) is 9.35. The van der Waals surface area contributed by atoms with Gasteiger partial charge in [-0.25, -0.2) is 13.1 Å². The van der Waals surface area contributed by atoms with Crippen molar-refractivity contribution in [3.05, 3.63) is 28.8 Å². The van der Waals surface area contributed by atoms with Crippen LogP contribution in [-0.2, 0) is 10.0 Å². The quantitative estimate of drug-likeness (QED) is 0.847. The summed E-state index contributed by atoms with van der Waals surface area (Å²) in [6.45, 7) is 5.91. The lowest BCUT2D eigenvalue weighted by atomic mass is 9.90. The summed E-state index contributed by atoms with van der Waals surface area (Å²) < 4.78 is 26.8. The van der Waals surface area contributed by atoms with Crippen molar-refractivity contribution in [1.82, 2.24) is 4.72 Å². The molecule has 0 radical (unpaired) electrons. The maximum atomic E-state index is 12.1. The highest BCUT2D eigenvalue weighted by Crippen LogP contribution is 2.22. The molecule has 2 N–H and O–H groups in total. The van der Waals surface area contributed by atoms with Gasteiger partial charge in [0.1, 0.15) is 0 Å². The van der Waals surface area contributed by atoms with Gasteiger partial charge in [-0.05, 0) is 36.5 Å². The molecule has 0 aliphatic heterocycles. The Bertz CT molecular complexity index is 541. The molecule has 1 aromatic rings. The molecule has 6 heteroatoms. The van der Waals surface area contributed by atoms with E-state index in [4.69, 9.17) is 16.7 Å². The van der Waals surface area contributed by atoms with Crippen LogP contribution in [0.4, 0.5) is 0 Å². The lowest BCUT2D eigenvalue weighted by molar-refractivity contribution is 0.213. The highest BCUT2D eigenvalue weighted by molar-refractivity contribution is 7.89. The Labute approximate surface area is 119 Å². The van der Waals surface area contributed by atoms with Crippen LogP contribution in [0.25, 0.3) is 0 Å². The number of aliphatic hydroxyl groups excluding tert-OH is 1. The zero-order valence-electron chi connectivity index (χ0n) is 11.4. The molecule has 0 saturated heterocycles. The van der Waals surface area contributed by atoms with Crippen LogP contribution in [-0.4, -0.2) is 26.7 Å². The summed E-state index contributed by atoms with van der Waals surface area (Å²) in [7, 11) is -3.57. The third kappa shape index (κ3) is 4.76. The minimum absolute atomic E-state index is 0.0328. The second-order valence-electron chi connectivity index (χ2n) is 5.37. The Kier molecular flexibility index (Phi) is 5.38. The number of hydrogen-bond acceptors (Lipinski definition) is 3. The molecule has 0 unspecified atom stereocenters. The number of nitrogens with one attached hydrogen (secondary N) is 1. The van der Waals surface area contributed by atoms with Crippen LogP contribution in [0.5, 0.6) is 0 Å². The van der Waals surface area contributed by atoms with E-state index in [1.54, 1.807) is 6.07 Å².